The van der Waals surface area contributed by atoms with Gasteiger partial charge in [0.25, 0.3) is 0 Å². The van der Waals surface area contributed by atoms with Crippen molar-refractivity contribution in [1.82, 2.24) is 9.55 Å². The zero-order valence-electron chi connectivity index (χ0n) is 11.5. The number of amides is 1. The van der Waals surface area contributed by atoms with E-state index in [1.54, 1.807) is 12.4 Å². The Morgan fingerprint density at radius 3 is 3.10 bits per heavy atom. The zero-order valence-corrected chi connectivity index (χ0v) is 11.5. The number of primary amides is 1. The predicted octanol–water partition coefficient (Wildman–Crippen LogP) is 0.951. The van der Waals surface area contributed by atoms with Crippen molar-refractivity contribution >= 4 is 11.6 Å². The van der Waals surface area contributed by atoms with Gasteiger partial charge in [0.2, 0.25) is 5.91 Å². The molecule has 2 N–H and O–H groups in total. The van der Waals surface area contributed by atoms with Gasteiger partial charge in [-0.05, 0) is 23.6 Å². The molecule has 1 amide bonds. The van der Waals surface area contributed by atoms with Crippen molar-refractivity contribution in [3.63, 3.8) is 0 Å². The topological polar surface area (TPSA) is 64.2 Å². The summed E-state index contributed by atoms with van der Waals surface area (Å²) >= 11 is 0. The Bertz CT molecular complexity index is 647. The van der Waals surface area contributed by atoms with Crippen LogP contribution in [-0.2, 0) is 24.2 Å². The van der Waals surface area contributed by atoms with Crippen molar-refractivity contribution in [2.24, 2.45) is 5.73 Å². The van der Waals surface area contributed by atoms with Gasteiger partial charge in [-0.3, -0.25) is 4.79 Å². The lowest BCUT2D eigenvalue weighted by atomic mass is 10.1. The second kappa shape index (κ2) is 5.00. The van der Waals surface area contributed by atoms with Crippen LogP contribution in [0.3, 0.4) is 0 Å². The first-order valence-corrected chi connectivity index (χ1v) is 6.75. The first-order chi connectivity index (χ1) is 9.63. The monoisotopic (exact) mass is 270 g/mol. The summed E-state index contributed by atoms with van der Waals surface area (Å²) in [5, 5.41) is 0. The molecule has 0 spiro atoms. The van der Waals surface area contributed by atoms with Crippen LogP contribution >= 0.6 is 0 Å². The van der Waals surface area contributed by atoms with E-state index in [0.29, 0.717) is 0 Å². The van der Waals surface area contributed by atoms with Crippen molar-refractivity contribution in [1.29, 1.82) is 0 Å². The van der Waals surface area contributed by atoms with Crippen LogP contribution in [0.4, 0.5) is 5.69 Å². The number of aromatic nitrogens is 2. The molecule has 5 nitrogen and oxygen atoms in total. The molecule has 0 saturated heterocycles. The fourth-order valence-electron chi connectivity index (χ4n) is 2.73. The smallest absolute Gasteiger partial charge is 0.237 e. The second-order valence-electron chi connectivity index (χ2n) is 5.25. The Morgan fingerprint density at radius 2 is 2.30 bits per heavy atom. The van der Waals surface area contributed by atoms with Crippen molar-refractivity contribution in [2.75, 3.05) is 18.5 Å². The van der Waals surface area contributed by atoms with E-state index in [1.165, 1.54) is 16.8 Å². The number of nitrogens with zero attached hydrogens (tertiary/aromatic N) is 3. The number of carbonyl (C=O) groups excluding carboxylic acids is 1. The van der Waals surface area contributed by atoms with Crippen LogP contribution in [0, 0.1) is 0 Å². The number of benzene rings is 1. The van der Waals surface area contributed by atoms with E-state index in [1.807, 2.05) is 4.57 Å². The highest BCUT2D eigenvalue weighted by atomic mass is 16.1. The van der Waals surface area contributed by atoms with E-state index < -0.39 is 0 Å². The van der Waals surface area contributed by atoms with Crippen molar-refractivity contribution in [3.05, 3.63) is 47.5 Å². The van der Waals surface area contributed by atoms with Crippen LogP contribution in [0.5, 0.6) is 0 Å². The summed E-state index contributed by atoms with van der Waals surface area (Å²) in [5.41, 5.74) is 9.16. The SMILES string of the molecule is CN1CCc2cc(Cc3nccn3CC(N)=O)ccc21. The molecule has 20 heavy (non-hydrogen) atoms. The maximum Gasteiger partial charge on any atom is 0.237 e. The summed E-state index contributed by atoms with van der Waals surface area (Å²) in [5.74, 6) is 0.523. The Kier molecular flexibility index (Phi) is 3.18. The third-order valence-corrected chi connectivity index (χ3v) is 3.76. The first-order valence-electron chi connectivity index (χ1n) is 6.75. The molecule has 1 aliphatic rings. The summed E-state index contributed by atoms with van der Waals surface area (Å²) in [6.07, 6.45) is 5.31. The summed E-state index contributed by atoms with van der Waals surface area (Å²) in [6, 6.07) is 6.53. The van der Waals surface area contributed by atoms with E-state index in [9.17, 15) is 4.79 Å². The summed E-state index contributed by atoms with van der Waals surface area (Å²) in [7, 11) is 2.12. The molecule has 0 bridgehead atoms. The molecule has 5 heteroatoms. The summed E-state index contributed by atoms with van der Waals surface area (Å²) < 4.78 is 1.81. The van der Waals surface area contributed by atoms with Gasteiger partial charge in [-0.2, -0.15) is 0 Å². The molecular formula is C15H18N4O. The van der Waals surface area contributed by atoms with Gasteiger partial charge >= 0.3 is 0 Å². The molecule has 104 valence electrons. The minimum absolute atomic E-state index is 0.184. The number of hydrogen-bond donors (Lipinski definition) is 1. The Hall–Kier alpha value is -2.30. The van der Waals surface area contributed by atoms with Gasteiger partial charge in [0.1, 0.15) is 12.4 Å². The number of fused-ring (bicyclic) bond motifs is 1. The van der Waals surface area contributed by atoms with E-state index in [0.717, 1.165) is 25.2 Å². The number of nitrogens with two attached hydrogens (primary N) is 1. The predicted molar refractivity (Wildman–Crippen MR) is 77.6 cm³/mol. The number of anilines is 1. The van der Waals surface area contributed by atoms with Crippen molar-refractivity contribution < 1.29 is 4.79 Å². The van der Waals surface area contributed by atoms with Gasteiger partial charge in [0.05, 0.1) is 0 Å². The van der Waals surface area contributed by atoms with Crippen molar-refractivity contribution in [3.8, 4) is 0 Å². The summed E-state index contributed by atoms with van der Waals surface area (Å²) in [4.78, 5) is 17.6. The molecule has 1 aromatic carbocycles. The van der Waals surface area contributed by atoms with E-state index >= 15 is 0 Å². The first kappa shape index (κ1) is 12.7. The molecule has 0 radical (unpaired) electrons. The molecule has 3 rings (SSSR count). The Labute approximate surface area is 118 Å². The normalized spacial score (nSPS) is 13.6. The number of carbonyl (C=O) groups is 1. The van der Waals surface area contributed by atoms with Crippen LogP contribution < -0.4 is 10.6 Å². The summed E-state index contributed by atoms with van der Waals surface area (Å²) in [6.45, 7) is 1.26. The van der Waals surface area contributed by atoms with Gasteiger partial charge in [-0.1, -0.05) is 12.1 Å². The molecule has 0 aliphatic carbocycles. The lowest BCUT2D eigenvalue weighted by Gasteiger charge is -2.12. The standard InChI is InChI=1S/C15H18N4O/c1-18-6-4-12-8-11(2-3-13(12)18)9-15-17-5-7-19(15)10-14(16)20/h2-3,5,7-8H,4,6,9-10H2,1H3,(H2,16,20). The van der Waals surface area contributed by atoms with Gasteiger partial charge < -0.3 is 15.2 Å². The molecule has 1 aromatic heterocycles. The van der Waals surface area contributed by atoms with E-state index in [-0.39, 0.29) is 12.5 Å². The number of hydrogen-bond acceptors (Lipinski definition) is 3. The fraction of sp³-hybridized carbons (Fsp3) is 0.333. The second-order valence-corrected chi connectivity index (χ2v) is 5.25. The minimum Gasteiger partial charge on any atom is -0.374 e. The molecule has 2 aromatic rings. The zero-order chi connectivity index (χ0) is 14.1. The minimum atomic E-state index is -0.347. The van der Waals surface area contributed by atoms with Crippen LogP contribution in [0.15, 0.2) is 30.6 Å². The Morgan fingerprint density at radius 1 is 1.45 bits per heavy atom. The van der Waals surface area contributed by atoms with Crippen molar-refractivity contribution in [2.45, 2.75) is 19.4 Å². The van der Waals surface area contributed by atoms with Crippen LogP contribution in [0.2, 0.25) is 0 Å². The maximum absolute atomic E-state index is 11.0. The Balaban J connectivity index is 1.82. The van der Waals surface area contributed by atoms with Crippen LogP contribution in [0.25, 0.3) is 0 Å². The average Bonchev–Trinajstić information content (AvgIpc) is 2.97. The van der Waals surface area contributed by atoms with Gasteiger partial charge in [0.15, 0.2) is 0 Å². The molecule has 0 unspecified atom stereocenters. The molecule has 2 heterocycles. The van der Waals surface area contributed by atoms with Gasteiger partial charge in [-0.25, -0.2) is 4.98 Å². The van der Waals surface area contributed by atoms with Gasteiger partial charge in [-0.15, -0.1) is 0 Å². The van der Waals surface area contributed by atoms with E-state index in [4.69, 9.17) is 5.73 Å². The third-order valence-electron chi connectivity index (χ3n) is 3.76. The maximum atomic E-state index is 11.0. The fourth-order valence-corrected chi connectivity index (χ4v) is 2.73. The quantitative estimate of drug-likeness (QED) is 0.899. The lowest BCUT2D eigenvalue weighted by molar-refractivity contribution is -0.118. The molecular weight excluding hydrogens is 252 g/mol. The van der Waals surface area contributed by atoms with E-state index in [2.05, 4.69) is 35.1 Å². The highest BCUT2D eigenvalue weighted by Gasteiger charge is 2.16. The third kappa shape index (κ3) is 2.39. The molecule has 1 aliphatic heterocycles. The number of imidazole rings is 1. The average molecular weight is 270 g/mol. The van der Waals surface area contributed by atoms with Crippen LogP contribution in [0.1, 0.15) is 17.0 Å². The largest absolute Gasteiger partial charge is 0.374 e. The molecule has 0 atom stereocenters. The van der Waals surface area contributed by atoms with Crippen LogP contribution in [-0.4, -0.2) is 29.1 Å². The highest BCUT2D eigenvalue weighted by molar-refractivity contribution is 5.73. The molecule has 0 fully saturated rings. The number of rotatable bonds is 4. The lowest BCUT2D eigenvalue weighted by Crippen LogP contribution is -2.19. The van der Waals surface area contributed by atoms with Gasteiger partial charge in [0, 0.05) is 38.1 Å². The molecule has 0 saturated carbocycles. The highest BCUT2D eigenvalue weighted by Crippen LogP contribution is 2.27. The number of likely N-dealkylation sites (N-methyl/N-ethyl adjacent to an activating group) is 1.